The summed E-state index contributed by atoms with van der Waals surface area (Å²) in [7, 11) is -8.06. The number of nitrogens with zero attached hydrogens (tertiary/aromatic N) is 2. The molecule has 32 heavy (non-hydrogen) atoms. The van der Waals surface area contributed by atoms with Crippen LogP contribution in [0.4, 0.5) is 0 Å². The summed E-state index contributed by atoms with van der Waals surface area (Å²) in [6.07, 6.45) is 0. The van der Waals surface area contributed by atoms with E-state index in [1.807, 2.05) is 0 Å². The Morgan fingerprint density at radius 1 is 0.594 bits per heavy atom. The Morgan fingerprint density at radius 2 is 0.969 bits per heavy atom. The van der Waals surface area contributed by atoms with Crippen LogP contribution in [0.25, 0.3) is 0 Å². The van der Waals surface area contributed by atoms with Crippen LogP contribution in [0.15, 0.2) is 114 Å². The summed E-state index contributed by atoms with van der Waals surface area (Å²) in [4.78, 5) is 0.0678. The molecule has 3 aromatic rings. The minimum absolute atomic E-state index is 0.0187. The van der Waals surface area contributed by atoms with Crippen LogP contribution in [0.2, 0.25) is 0 Å². The highest BCUT2D eigenvalue weighted by Crippen LogP contribution is 2.32. The van der Waals surface area contributed by atoms with Gasteiger partial charge in [0.05, 0.1) is 20.5 Å². The van der Waals surface area contributed by atoms with Crippen LogP contribution >= 0.6 is 11.6 Å². The third-order valence-corrected chi connectivity index (χ3v) is 7.88. The molecule has 1 aliphatic carbocycles. The Morgan fingerprint density at radius 3 is 1.44 bits per heavy atom. The van der Waals surface area contributed by atoms with E-state index in [4.69, 9.17) is 11.6 Å². The number of hydrogen-bond donors (Lipinski definition) is 0. The molecule has 0 N–H and O–H groups in total. The van der Waals surface area contributed by atoms with Gasteiger partial charge in [-0.3, -0.25) is 0 Å². The molecule has 3 aromatic carbocycles. The first-order chi connectivity index (χ1) is 15.2. The molecule has 0 saturated heterocycles. The van der Waals surface area contributed by atoms with Crippen molar-refractivity contribution in [1.29, 1.82) is 0 Å². The van der Waals surface area contributed by atoms with Gasteiger partial charge in [0.1, 0.15) is 5.71 Å². The predicted octanol–water partition coefficient (Wildman–Crippen LogP) is 4.57. The Hall–Kier alpha value is -3.07. The molecule has 0 saturated carbocycles. The average Bonchev–Trinajstić information content (AvgIpc) is 2.81. The van der Waals surface area contributed by atoms with Gasteiger partial charge in [-0.25, -0.2) is 0 Å². The van der Waals surface area contributed by atoms with Crippen LogP contribution in [0.5, 0.6) is 0 Å². The van der Waals surface area contributed by atoms with Gasteiger partial charge in [-0.1, -0.05) is 72.3 Å². The Balaban J connectivity index is 1.92. The molecule has 0 fully saturated rings. The molecule has 0 atom stereocenters. The van der Waals surface area contributed by atoms with E-state index >= 15 is 0 Å². The Bertz CT molecular complexity index is 1380. The zero-order chi connectivity index (χ0) is 22.9. The summed E-state index contributed by atoms with van der Waals surface area (Å²) in [6, 6.07) is 22.3. The van der Waals surface area contributed by atoms with Crippen molar-refractivity contribution in [1.82, 2.24) is 0 Å². The highest BCUT2D eigenvalue weighted by Gasteiger charge is 2.29. The molecular formula is C23H17ClN2O4S2. The van der Waals surface area contributed by atoms with Gasteiger partial charge in [0.25, 0.3) is 20.0 Å². The van der Waals surface area contributed by atoms with E-state index in [0.717, 1.165) is 0 Å². The summed E-state index contributed by atoms with van der Waals surface area (Å²) in [5, 5.41) is 0.0187. The van der Waals surface area contributed by atoms with Gasteiger partial charge in [0.15, 0.2) is 0 Å². The van der Waals surface area contributed by atoms with Crippen molar-refractivity contribution in [2.45, 2.75) is 16.7 Å². The second-order valence-electron chi connectivity index (χ2n) is 6.94. The molecule has 6 nitrogen and oxygen atoms in total. The van der Waals surface area contributed by atoms with E-state index in [-0.39, 0.29) is 26.2 Å². The third-order valence-electron chi connectivity index (χ3n) is 4.83. The lowest BCUT2D eigenvalue weighted by molar-refractivity contribution is 0.596. The van der Waals surface area contributed by atoms with Crippen molar-refractivity contribution in [2.75, 3.05) is 0 Å². The minimum atomic E-state index is -4.04. The smallest absolute Gasteiger partial charge is 0.199 e. The normalized spacial score (nSPS) is 16.9. The van der Waals surface area contributed by atoms with Gasteiger partial charge in [-0.05, 0) is 36.8 Å². The lowest BCUT2D eigenvalue weighted by Crippen LogP contribution is -2.22. The fraction of sp³-hybridized carbons (Fsp3) is 0.0435. The molecule has 0 aliphatic heterocycles. The van der Waals surface area contributed by atoms with E-state index in [2.05, 4.69) is 8.80 Å². The molecule has 0 heterocycles. The molecule has 0 amide bonds. The van der Waals surface area contributed by atoms with E-state index in [1.54, 1.807) is 67.6 Å². The zero-order valence-electron chi connectivity index (χ0n) is 16.8. The molecule has 162 valence electrons. The van der Waals surface area contributed by atoms with Crippen molar-refractivity contribution in [2.24, 2.45) is 8.80 Å². The Labute approximate surface area is 191 Å². The Kier molecular flexibility index (Phi) is 5.85. The lowest BCUT2D eigenvalue weighted by atomic mass is 9.89. The number of sulfonamides is 2. The molecular weight excluding hydrogens is 468 g/mol. The largest absolute Gasteiger partial charge is 0.282 e. The maximum absolute atomic E-state index is 12.9. The van der Waals surface area contributed by atoms with Crippen LogP contribution in [0.3, 0.4) is 0 Å². The number of rotatable bonds is 4. The summed E-state index contributed by atoms with van der Waals surface area (Å²) >= 11 is 6.53. The maximum Gasteiger partial charge on any atom is 0.282 e. The van der Waals surface area contributed by atoms with Crippen LogP contribution in [-0.4, -0.2) is 28.3 Å². The van der Waals surface area contributed by atoms with Gasteiger partial charge in [0.2, 0.25) is 0 Å². The fourth-order valence-electron chi connectivity index (χ4n) is 3.24. The fourth-order valence-corrected chi connectivity index (χ4v) is 5.64. The van der Waals surface area contributed by atoms with Gasteiger partial charge in [-0.15, -0.1) is 0 Å². The van der Waals surface area contributed by atoms with Gasteiger partial charge in [-0.2, -0.15) is 25.6 Å². The number of benzene rings is 3. The second-order valence-corrected chi connectivity index (χ2v) is 10.5. The monoisotopic (exact) mass is 484 g/mol. The topological polar surface area (TPSA) is 93.0 Å². The molecule has 0 aromatic heterocycles. The third kappa shape index (κ3) is 4.17. The van der Waals surface area contributed by atoms with Crippen LogP contribution in [0.1, 0.15) is 18.1 Å². The molecule has 0 radical (unpaired) electrons. The van der Waals surface area contributed by atoms with Gasteiger partial charge in [0, 0.05) is 11.1 Å². The number of fused-ring (bicyclic) bond motifs is 1. The number of halogens is 1. The van der Waals surface area contributed by atoms with Crippen molar-refractivity contribution in [3.63, 3.8) is 0 Å². The zero-order valence-corrected chi connectivity index (χ0v) is 19.2. The van der Waals surface area contributed by atoms with Crippen LogP contribution < -0.4 is 0 Å². The predicted molar refractivity (Wildman–Crippen MR) is 125 cm³/mol. The summed E-state index contributed by atoms with van der Waals surface area (Å²) < 4.78 is 59.5. The van der Waals surface area contributed by atoms with E-state index in [1.165, 1.54) is 24.3 Å². The molecule has 4 rings (SSSR count). The first-order valence-corrected chi connectivity index (χ1v) is 12.7. The van der Waals surface area contributed by atoms with Gasteiger partial charge < -0.3 is 0 Å². The lowest BCUT2D eigenvalue weighted by Gasteiger charge is -2.21. The SMILES string of the molecule is CC1=C(Cl)C(=N\S(=O)(=O)c2ccccc2)/c2ccccc2/C1=N/S(=O)(=O)c1ccccc1. The minimum Gasteiger partial charge on any atom is -0.199 e. The first kappa shape index (κ1) is 22.1. The highest BCUT2D eigenvalue weighted by molar-refractivity contribution is 7.90. The first-order valence-electron chi connectivity index (χ1n) is 9.47. The van der Waals surface area contributed by atoms with Crippen LogP contribution in [-0.2, 0) is 20.0 Å². The molecule has 0 unspecified atom stereocenters. The highest BCUT2D eigenvalue weighted by atomic mass is 35.5. The van der Waals surface area contributed by atoms with Crippen molar-refractivity contribution < 1.29 is 16.8 Å². The molecule has 0 spiro atoms. The maximum atomic E-state index is 12.9. The molecule has 1 aliphatic rings. The van der Waals surface area contributed by atoms with Gasteiger partial charge >= 0.3 is 0 Å². The number of allylic oxidation sites excluding steroid dienone is 2. The van der Waals surface area contributed by atoms with E-state index < -0.39 is 20.0 Å². The summed E-state index contributed by atoms with van der Waals surface area (Å²) in [6.45, 7) is 1.59. The summed E-state index contributed by atoms with van der Waals surface area (Å²) in [5.74, 6) is 0. The van der Waals surface area contributed by atoms with Crippen molar-refractivity contribution in [3.8, 4) is 0 Å². The average molecular weight is 485 g/mol. The molecule has 9 heteroatoms. The number of hydrogen-bond acceptors (Lipinski definition) is 4. The summed E-state index contributed by atoms with van der Waals surface area (Å²) in [5.41, 5.74) is 1.30. The van der Waals surface area contributed by atoms with Crippen molar-refractivity contribution >= 4 is 43.1 Å². The van der Waals surface area contributed by atoms with E-state index in [9.17, 15) is 16.8 Å². The molecule has 0 bridgehead atoms. The van der Waals surface area contributed by atoms with Crippen molar-refractivity contribution in [3.05, 3.63) is 107 Å². The quantitative estimate of drug-likeness (QED) is 0.542. The second kappa shape index (κ2) is 8.46. The van der Waals surface area contributed by atoms with Crippen LogP contribution in [0, 0.1) is 0 Å². The standard InChI is InChI=1S/C23H17ClN2O4S2/c1-16-21(24)23(26-32(29,30)18-12-6-3-7-13-18)20-15-9-8-14-19(20)22(16)25-31(27,28)17-10-4-2-5-11-17/h2-15H,1H3/b25-22+,26-23-. The van der Waals surface area contributed by atoms with E-state index in [0.29, 0.717) is 16.7 Å².